The van der Waals surface area contributed by atoms with E-state index in [1.54, 1.807) is 6.07 Å². The minimum absolute atomic E-state index is 0.326. The molecule has 0 bridgehead atoms. The van der Waals surface area contributed by atoms with Gasteiger partial charge in [0.05, 0.1) is 0 Å². The van der Waals surface area contributed by atoms with Crippen LogP contribution in [0.1, 0.15) is 0 Å². The lowest BCUT2D eigenvalue weighted by atomic mass is 10.1. The Morgan fingerprint density at radius 2 is 1.50 bits per heavy atom. The fraction of sp³-hybridized carbons (Fsp3) is 0.0909. The van der Waals surface area contributed by atoms with E-state index in [0.29, 0.717) is 11.4 Å². The van der Waals surface area contributed by atoms with E-state index in [-0.39, 0.29) is 6.61 Å². The van der Waals surface area contributed by atoms with Crippen molar-refractivity contribution in [3.8, 4) is 16.9 Å². The van der Waals surface area contributed by atoms with Crippen molar-refractivity contribution in [1.82, 2.24) is 0 Å². The highest BCUT2D eigenvalue weighted by Crippen LogP contribution is 2.29. The lowest BCUT2D eigenvalue weighted by Gasteiger charge is -2.11. The van der Waals surface area contributed by atoms with Gasteiger partial charge in [-0.25, -0.2) is 9.18 Å². The van der Waals surface area contributed by atoms with Gasteiger partial charge in [-0.15, -0.1) is 0 Å². The number of nitrogens with one attached hydrogen (secondary N) is 1. The smallest absolute Gasteiger partial charge is 0.344 e. The quantitative estimate of drug-likeness (QED) is 0.629. The molecule has 0 fully saturated rings. The van der Waals surface area contributed by atoms with Crippen molar-refractivity contribution in [3.63, 3.8) is 0 Å². The number of benzene rings is 3. The number of halogens is 1. The molecule has 0 aliphatic rings. The number of carbonyl (C=O) groups excluding carboxylic acids is 2. The Bertz CT molecular complexity index is 942. The number of ether oxygens (including phenoxy) is 2. The van der Waals surface area contributed by atoms with E-state index in [0.717, 1.165) is 11.1 Å². The molecule has 0 aliphatic heterocycles. The number of anilines is 1. The van der Waals surface area contributed by atoms with Crippen LogP contribution in [0.4, 0.5) is 10.1 Å². The van der Waals surface area contributed by atoms with E-state index < -0.39 is 24.3 Å². The van der Waals surface area contributed by atoms with Gasteiger partial charge in [0.1, 0.15) is 11.6 Å². The highest BCUT2D eigenvalue weighted by Gasteiger charge is 2.11. The second-order valence-electron chi connectivity index (χ2n) is 5.87. The molecule has 3 aromatic rings. The summed E-state index contributed by atoms with van der Waals surface area (Å²) in [6, 6.07) is 22.3. The van der Waals surface area contributed by atoms with Crippen molar-refractivity contribution in [3.05, 3.63) is 84.7 Å². The third kappa shape index (κ3) is 5.41. The Balaban J connectivity index is 1.50. The predicted octanol–water partition coefficient (Wildman–Crippen LogP) is 4.05. The van der Waals surface area contributed by atoms with Crippen LogP contribution in [0.5, 0.6) is 5.75 Å². The van der Waals surface area contributed by atoms with E-state index in [2.05, 4.69) is 5.32 Å². The number of amides is 1. The molecule has 0 aromatic heterocycles. The molecule has 0 heterocycles. The average Bonchev–Trinajstić information content (AvgIpc) is 2.73. The highest BCUT2D eigenvalue weighted by atomic mass is 19.1. The first-order chi connectivity index (χ1) is 13.6. The van der Waals surface area contributed by atoms with Crippen LogP contribution in [-0.2, 0) is 14.3 Å². The monoisotopic (exact) mass is 379 g/mol. The van der Waals surface area contributed by atoms with Crippen molar-refractivity contribution < 1.29 is 23.5 Å². The van der Waals surface area contributed by atoms with Gasteiger partial charge in [0.2, 0.25) is 0 Å². The lowest BCUT2D eigenvalue weighted by molar-refractivity contribution is -0.149. The zero-order valence-electron chi connectivity index (χ0n) is 14.9. The number of para-hydroxylation sites is 1. The summed E-state index contributed by atoms with van der Waals surface area (Å²) in [5.41, 5.74) is 2.23. The van der Waals surface area contributed by atoms with Crippen molar-refractivity contribution >= 4 is 17.6 Å². The summed E-state index contributed by atoms with van der Waals surface area (Å²) < 4.78 is 23.3. The van der Waals surface area contributed by atoms with Crippen molar-refractivity contribution in [2.24, 2.45) is 0 Å². The van der Waals surface area contributed by atoms with Gasteiger partial charge >= 0.3 is 5.97 Å². The van der Waals surface area contributed by atoms with Gasteiger partial charge in [-0.3, -0.25) is 4.79 Å². The number of hydrogen-bond donors (Lipinski definition) is 1. The van der Waals surface area contributed by atoms with Gasteiger partial charge in [-0.2, -0.15) is 0 Å². The summed E-state index contributed by atoms with van der Waals surface area (Å²) in [5.74, 6) is -1.06. The Morgan fingerprint density at radius 3 is 2.25 bits per heavy atom. The summed E-state index contributed by atoms with van der Waals surface area (Å²) >= 11 is 0. The Kier molecular flexibility index (Phi) is 6.36. The molecular weight excluding hydrogens is 361 g/mol. The number of carbonyl (C=O) groups is 2. The third-order valence-electron chi connectivity index (χ3n) is 3.81. The van der Waals surface area contributed by atoms with Crippen LogP contribution in [0.3, 0.4) is 0 Å². The third-order valence-corrected chi connectivity index (χ3v) is 3.81. The van der Waals surface area contributed by atoms with Crippen LogP contribution in [0.25, 0.3) is 11.1 Å². The number of esters is 1. The second-order valence-corrected chi connectivity index (χ2v) is 5.87. The van der Waals surface area contributed by atoms with E-state index >= 15 is 0 Å². The molecule has 6 heteroatoms. The van der Waals surface area contributed by atoms with Gasteiger partial charge in [-0.1, -0.05) is 48.5 Å². The van der Waals surface area contributed by atoms with Crippen LogP contribution < -0.4 is 10.1 Å². The molecule has 0 saturated heterocycles. The van der Waals surface area contributed by atoms with Crippen LogP contribution >= 0.6 is 0 Å². The van der Waals surface area contributed by atoms with Crippen LogP contribution in [0.2, 0.25) is 0 Å². The molecule has 28 heavy (non-hydrogen) atoms. The topological polar surface area (TPSA) is 64.6 Å². The molecule has 0 saturated carbocycles. The van der Waals surface area contributed by atoms with Crippen LogP contribution in [-0.4, -0.2) is 25.1 Å². The Morgan fingerprint density at radius 1 is 0.821 bits per heavy atom. The van der Waals surface area contributed by atoms with Gasteiger partial charge in [0.25, 0.3) is 5.91 Å². The normalized spacial score (nSPS) is 10.2. The molecular formula is C22H18FNO4. The first kappa shape index (κ1) is 19.1. The predicted molar refractivity (Wildman–Crippen MR) is 103 cm³/mol. The molecule has 0 unspecified atom stereocenters. The van der Waals surface area contributed by atoms with Crippen molar-refractivity contribution in [2.45, 2.75) is 0 Å². The number of hydrogen-bond acceptors (Lipinski definition) is 4. The maximum Gasteiger partial charge on any atom is 0.344 e. The van der Waals surface area contributed by atoms with Gasteiger partial charge < -0.3 is 14.8 Å². The van der Waals surface area contributed by atoms with Crippen LogP contribution in [0, 0.1) is 5.82 Å². The van der Waals surface area contributed by atoms with Crippen molar-refractivity contribution in [1.29, 1.82) is 0 Å². The number of rotatable bonds is 7. The average molecular weight is 379 g/mol. The zero-order valence-corrected chi connectivity index (χ0v) is 14.9. The summed E-state index contributed by atoms with van der Waals surface area (Å²) in [4.78, 5) is 23.7. The maximum atomic E-state index is 12.8. The fourth-order valence-corrected chi connectivity index (χ4v) is 2.50. The standard InChI is InChI=1S/C22H18FNO4/c23-17-10-12-18(13-11-17)24-21(25)14-28-22(26)15-27-20-9-5-4-8-19(20)16-6-2-1-3-7-16/h1-13H,14-15H2,(H,24,25). The van der Waals surface area contributed by atoms with E-state index in [4.69, 9.17) is 9.47 Å². The molecule has 3 rings (SSSR count). The maximum absolute atomic E-state index is 12.8. The minimum Gasteiger partial charge on any atom is -0.481 e. The molecule has 5 nitrogen and oxygen atoms in total. The van der Waals surface area contributed by atoms with Gasteiger partial charge in [-0.05, 0) is 35.9 Å². The first-order valence-electron chi connectivity index (χ1n) is 8.60. The summed E-state index contributed by atoms with van der Waals surface area (Å²) in [5, 5.41) is 2.51. The molecule has 0 spiro atoms. The molecule has 0 aliphatic carbocycles. The molecule has 0 radical (unpaired) electrons. The zero-order chi connectivity index (χ0) is 19.8. The summed E-state index contributed by atoms with van der Waals surface area (Å²) in [7, 11) is 0. The van der Waals surface area contributed by atoms with E-state index in [1.807, 2.05) is 48.5 Å². The lowest BCUT2D eigenvalue weighted by Crippen LogP contribution is -2.23. The van der Waals surface area contributed by atoms with E-state index in [1.165, 1.54) is 24.3 Å². The molecule has 1 amide bonds. The Hall–Kier alpha value is -3.67. The minimum atomic E-state index is -0.669. The first-order valence-corrected chi connectivity index (χ1v) is 8.60. The molecule has 142 valence electrons. The van der Waals surface area contributed by atoms with Crippen LogP contribution in [0.15, 0.2) is 78.9 Å². The second kappa shape index (κ2) is 9.32. The van der Waals surface area contributed by atoms with E-state index in [9.17, 15) is 14.0 Å². The molecule has 0 atom stereocenters. The molecule has 1 N–H and O–H groups in total. The summed E-state index contributed by atoms with van der Waals surface area (Å²) in [6.07, 6.45) is 0. The van der Waals surface area contributed by atoms with Crippen molar-refractivity contribution in [2.75, 3.05) is 18.5 Å². The largest absolute Gasteiger partial charge is 0.481 e. The highest BCUT2D eigenvalue weighted by molar-refractivity contribution is 5.92. The van der Waals surface area contributed by atoms with Gasteiger partial charge in [0, 0.05) is 11.3 Å². The SMILES string of the molecule is O=C(COC(=O)COc1ccccc1-c1ccccc1)Nc1ccc(F)cc1. The molecule has 3 aromatic carbocycles. The Labute approximate surface area is 161 Å². The van der Waals surface area contributed by atoms with Gasteiger partial charge in [0.15, 0.2) is 13.2 Å². The fourth-order valence-electron chi connectivity index (χ4n) is 2.50. The summed E-state index contributed by atoms with van der Waals surface area (Å²) in [6.45, 7) is -0.784.